The smallest absolute Gasteiger partial charge is 0.213 e. The number of nitrogens with zero attached hydrogens (tertiary/aromatic N) is 2. The summed E-state index contributed by atoms with van der Waals surface area (Å²) < 4.78 is 6.36. The quantitative estimate of drug-likeness (QED) is 0.707. The van der Waals surface area contributed by atoms with Gasteiger partial charge in [0.2, 0.25) is 6.23 Å². The summed E-state index contributed by atoms with van der Waals surface area (Å²) in [5.74, 6) is 1.16. The van der Waals surface area contributed by atoms with Crippen molar-refractivity contribution in [2.24, 2.45) is 5.10 Å². The summed E-state index contributed by atoms with van der Waals surface area (Å²) in [7, 11) is 0. The molecule has 0 saturated carbocycles. The predicted molar refractivity (Wildman–Crippen MR) is 105 cm³/mol. The van der Waals surface area contributed by atoms with Crippen molar-refractivity contribution in [1.29, 1.82) is 0 Å². The van der Waals surface area contributed by atoms with Gasteiger partial charge in [0.05, 0.1) is 11.8 Å². The third kappa shape index (κ3) is 2.65. The van der Waals surface area contributed by atoms with Crippen molar-refractivity contribution in [1.82, 2.24) is 5.01 Å². The Morgan fingerprint density at radius 2 is 1.81 bits per heavy atom. The number of hydrogen-bond acceptors (Lipinski definition) is 4. The maximum absolute atomic E-state index is 10.3. The molecule has 2 aliphatic heterocycles. The molecule has 0 spiro atoms. The second-order valence-corrected chi connectivity index (χ2v) is 7.09. The molecule has 0 saturated heterocycles. The summed E-state index contributed by atoms with van der Waals surface area (Å²) in [4.78, 5) is 0. The summed E-state index contributed by atoms with van der Waals surface area (Å²) in [5, 5.41) is 17.2. The van der Waals surface area contributed by atoms with Gasteiger partial charge in [0, 0.05) is 23.1 Å². The Labute approximate surface area is 158 Å². The summed E-state index contributed by atoms with van der Waals surface area (Å²) in [6.45, 7) is 2.08. The van der Waals surface area contributed by atoms with Gasteiger partial charge in [-0.25, -0.2) is 5.01 Å². The fourth-order valence-electron chi connectivity index (χ4n) is 3.96. The summed E-state index contributed by atoms with van der Waals surface area (Å²) in [6, 6.07) is 24.0. The van der Waals surface area contributed by atoms with Crippen LogP contribution in [0, 0.1) is 6.92 Å². The van der Waals surface area contributed by atoms with E-state index in [2.05, 4.69) is 31.2 Å². The maximum Gasteiger partial charge on any atom is 0.213 e. The fourth-order valence-corrected chi connectivity index (χ4v) is 3.96. The zero-order valence-corrected chi connectivity index (χ0v) is 15.0. The molecule has 27 heavy (non-hydrogen) atoms. The highest BCUT2D eigenvalue weighted by atomic mass is 16.5. The molecule has 5 rings (SSSR count). The van der Waals surface area contributed by atoms with E-state index in [-0.39, 0.29) is 18.0 Å². The first-order chi connectivity index (χ1) is 13.2. The molecule has 134 valence electrons. The molecule has 0 aromatic heterocycles. The first-order valence-electron chi connectivity index (χ1n) is 9.17. The summed E-state index contributed by atoms with van der Waals surface area (Å²) >= 11 is 0. The Morgan fingerprint density at radius 1 is 1.00 bits per heavy atom. The topological polar surface area (TPSA) is 45.1 Å². The summed E-state index contributed by atoms with van der Waals surface area (Å²) in [5.41, 5.74) is 5.08. The van der Waals surface area contributed by atoms with Gasteiger partial charge in [0.15, 0.2) is 0 Å². The van der Waals surface area contributed by atoms with Crippen LogP contribution in [0.15, 0.2) is 77.9 Å². The summed E-state index contributed by atoms with van der Waals surface area (Å²) in [6.07, 6.45) is 0.452. The average Bonchev–Trinajstić information content (AvgIpc) is 3.13. The minimum Gasteiger partial charge on any atom is -0.507 e. The lowest BCUT2D eigenvalue weighted by molar-refractivity contribution is -0.0190. The van der Waals surface area contributed by atoms with Gasteiger partial charge in [-0.2, -0.15) is 5.10 Å². The molecule has 2 aliphatic rings. The van der Waals surface area contributed by atoms with Gasteiger partial charge in [0.1, 0.15) is 11.5 Å². The van der Waals surface area contributed by atoms with Crippen LogP contribution >= 0.6 is 0 Å². The van der Waals surface area contributed by atoms with Crippen molar-refractivity contribution in [3.8, 4) is 11.5 Å². The first kappa shape index (κ1) is 15.9. The molecule has 0 bridgehead atoms. The van der Waals surface area contributed by atoms with Crippen LogP contribution in [0.2, 0.25) is 0 Å². The molecule has 4 heteroatoms. The highest BCUT2D eigenvalue weighted by Crippen LogP contribution is 2.47. The van der Waals surface area contributed by atoms with Crippen LogP contribution < -0.4 is 4.74 Å². The van der Waals surface area contributed by atoms with Gasteiger partial charge < -0.3 is 9.84 Å². The van der Waals surface area contributed by atoms with E-state index >= 15 is 0 Å². The average molecular weight is 356 g/mol. The second kappa shape index (κ2) is 6.16. The van der Waals surface area contributed by atoms with Gasteiger partial charge >= 0.3 is 0 Å². The Bertz CT molecular complexity index is 1040. The van der Waals surface area contributed by atoms with E-state index in [1.165, 1.54) is 5.56 Å². The molecule has 2 heterocycles. The number of phenols is 1. The first-order valence-corrected chi connectivity index (χ1v) is 9.17. The lowest BCUT2D eigenvalue weighted by atomic mass is 9.95. The SMILES string of the molecule is Cc1cccc(C2Oc3ccccc3C3CC(c4ccccc4O)=NN32)c1. The van der Waals surface area contributed by atoms with Gasteiger partial charge in [-0.15, -0.1) is 0 Å². The number of para-hydroxylation sites is 2. The number of aromatic hydroxyl groups is 1. The number of phenolic OH excluding ortho intramolecular Hbond substituents is 1. The Kier molecular flexibility index (Phi) is 3.64. The zero-order chi connectivity index (χ0) is 18.4. The van der Waals surface area contributed by atoms with Crippen LogP contribution in [0.4, 0.5) is 0 Å². The van der Waals surface area contributed by atoms with E-state index in [1.54, 1.807) is 6.07 Å². The van der Waals surface area contributed by atoms with Gasteiger partial charge in [0.25, 0.3) is 0 Å². The zero-order valence-electron chi connectivity index (χ0n) is 15.0. The lowest BCUT2D eigenvalue weighted by Crippen LogP contribution is -2.33. The number of rotatable bonds is 2. The predicted octanol–water partition coefficient (Wildman–Crippen LogP) is 4.94. The number of fused-ring (bicyclic) bond motifs is 3. The van der Waals surface area contributed by atoms with Crippen LogP contribution in [0.1, 0.15) is 40.9 Å². The number of hydrazone groups is 1. The Morgan fingerprint density at radius 3 is 2.67 bits per heavy atom. The molecular formula is C23H20N2O2. The molecular weight excluding hydrogens is 336 g/mol. The van der Waals surface area contributed by atoms with Crippen molar-refractivity contribution >= 4 is 5.71 Å². The van der Waals surface area contributed by atoms with Gasteiger partial charge in [-0.1, -0.05) is 60.2 Å². The number of benzene rings is 3. The van der Waals surface area contributed by atoms with Crippen LogP contribution in [-0.2, 0) is 0 Å². The Hall–Kier alpha value is -3.27. The maximum atomic E-state index is 10.3. The van der Waals surface area contributed by atoms with Crippen LogP contribution in [0.25, 0.3) is 0 Å². The molecule has 3 aromatic carbocycles. The second-order valence-electron chi connectivity index (χ2n) is 7.09. The Balaban J connectivity index is 1.62. The van der Waals surface area contributed by atoms with E-state index in [9.17, 15) is 5.11 Å². The van der Waals surface area contributed by atoms with E-state index in [1.807, 2.05) is 47.5 Å². The van der Waals surface area contributed by atoms with E-state index in [0.29, 0.717) is 0 Å². The van der Waals surface area contributed by atoms with Crippen LogP contribution in [0.3, 0.4) is 0 Å². The molecule has 0 fully saturated rings. The number of hydrogen-bond donors (Lipinski definition) is 1. The minimum atomic E-state index is -0.284. The highest BCUT2D eigenvalue weighted by molar-refractivity contribution is 6.04. The standard InChI is InChI=1S/C23H20N2O2/c1-15-7-6-8-16(13-15)23-25-20(18-10-3-5-12-22(18)27-23)14-19(24-25)17-9-2-4-11-21(17)26/h2-13,20,23,26H,14H2,1H3. The third-order valence-corrected chi connectivity index (χ3v) is 5.24. The van der Waals surface area contributed by atoms with Crippen molar-refractivity contribution in [3.05, 3.63) is 95.1 Å². The van der Waals surface area contributed by atoms with E-state index < -0.39 is 0 Å². The molecule has 2 atom stereocenters. The molecule has 0 aliphatic carbocycles. The van der Waals surface area contributed by atoms with Crippen molar-refractivity contribution in [2.75, 3.05) is 0 Å². The molecule has 0 radical (unpaired) electrons. The van der Waals surface area contributed by atoms with Crippen LogP contribution in [0.5, 0.6) is 11.5 Å². The molecule has 2 unspecified atom stereocenters. The van der Waals surface area contributed by atoms with E-state index in [4.69, 9.17) is 9.84 Å². The molecule has 4 nitrogen and oxygen atoms in total. The lowest BCUT2D eigenvalue weighted by Gasteiger charge is -2.38. The normalized spacial score (nSPS) is 20.5. The molecule has 0 amide bonds. The van der Waals surface area contributed by atoms with Crippen molar-refractivity contribution in [3.63, 3.8) is 0 Å². The number of aryl methyl sites for hydroxylation is 1. The third-order valence-electron chi connectivity index (χ3n) is 5.24. The minimum absolute atomic E-state index is 0.0927. The van der Waals surface area contributed by atoms with Crippen molar-refractivity contribution < 1.29 is 9.84 Å². The highest BCUT2D eigenvalue weighted by Gasteiger charge is 2.41. The molecule has 1 N–H and O–H groups in total. The van der Waals surface area contributed by atoms with Gasteiger partial charge in [-0.3, -0.25) is 0 Å². The molecule has 3 aromatic rings. The van der Waals surface area contributed by atoms with Crippen molar-refractivity contribution in [2.45, 2.75) is 25.6 Å². The van der Waals surface area contributed by atoms with E-state index in [0.717, 1.165) is 34.6 Å². The largest absolute Gasteiger partial charge is 0.507 e. The monoisotopic (exact) mass is 356 g/mol. The van der Waals surface area contributed by atoms with Crippen LogP contribution in [-0.4, -0.2) is 15.8 Å². The number of ether oxygens (including phenoxy) is 1. The van der Waals surface area contributed by atoms with Gasteiger partial charge in [-0.05, 0) is 25.1 Å². The fraction of sp³-hybridized carbons (Fsp3) is 0.174.